The van der Waals surface area contributed by atoms with Crippen LogP contribution in [-0.2, 0) is 66.9 Å². The fourth-order valence-corrected chi connectivity index (χ4v) is 16.5. The molecule has 0 aromatic heterocycles. The molecule has 6 aliphatic rings. The van der Waals surface area contributed by atoms with Crippen LogP contribution in [0.25, 0.3) is 0 Å². The molecule has 0 unspecified atom stereocenters. The average Bonchev–Trinajstić information content (AvgIpc) is 1.04. The van der Waals surface area contributed by atoms with Crippen LogP contribution in [0.1, 0.15) is 225 Å². The molecule has 32 heteroatoms. The number of ketones is 3. The van der Waals surface area contributed by atoms with Gasteiger partial charge in [0, 0.05) is 71.6 Å². The minimum atomic E-state index is -5.33. The lowest BCUT2D eigenvalue weighted by molar-refractivity contribution is -0.330. The van der Waals surface area contributed by atoms with Crippen molar-refractivity contribution < 1.29 is 151 Å². The number of hydrogen-bond donors (Lipinski definition) is 15. The molecule has 31 nitrogen and oxygen atoms in total. The summed E-state index contributed by atoms with van der Waals surface area (Å²) in [4.78, 5) is 66.5. The molecule has 7 rings (SSSR count). The Morgan fingerprint density at radius 1 is 0.679 bits per heavy atom. The zero-order chi connectivity index (χ0) is 81.2. The molecule has 0 spiro atoms. The zero-order valence-corrected chi connectivity index (χ0v) is 65.3. The van der Waals surface area contributed by atoms with Crippen molar-refractivity contribution in [1.82, 2.24) is 0 Å². The van der Waals surface area contributed by atoms with Gasteiger partial charge in [-0.15, -0.1) is 0 Å². The minimum Gasteiger partial charge on any atom is -0.459 e. The van der Waals surface area contributed by atoms with Crippen LogP contribution in [0.5, 0.6) is 0 Å². The Kier molecular flexibility index (Phi) is 33.6. The predicted octanol–water partition coefficient (Wildman–Crippen LogP) is 3.14. The number of esters is 2. The first-order chi connectivity index (χ1) is 50.9. The van der Waals surface area contributed by atoms with Crippen molar-refractivity contribution in [1.29, 1.82) is 0 Å². The van der Waals surface area contributed by atoms with E-state index in [9.17, 15) is 108 Å². The Bertz CT molecular complexity index is 3330. The number of fused-ring (bicyclic) bond motifs is 4. The van der Waals surface area contributed by atoms with Crippen molar-refractivity contribution in [2.75, 3.05) is 0 Å². The maximum Gasteiger partial charge on any atom is 0.397 e. The lowest BCUT2D eigenvalue weighted by Crippen LogP contribution is -2.65. The van der Waals surface area contributed by atoms with Crippen LogP contribution in [0.2, 0.25) is 0 Å². The first-order valence-corrected chi connectivity index (χ1v) is 40.0. The van der Waals surface area contributed by atoms with Crippen molar-refractivity contribution in [2.45, 2.75) is 350 Å². The summed E-state index contributed by atoms with van der Waals surface area (Å²) in [6.45, 7) is 19.6. The highest BCUT2D eigenvalue weighted by Crippen LogP contribution is 2.43. The summed E-state index contributed by atoms with van der Waals surface area (Å²) in [6, 6.07) is 4.38. The standard InChI is InChI=1S/C77H122O31S/c1-13-58(102-63-35-76(12,95)74(45(11)101-63)105-62-27-25-59(44(10)100-62)103-75(94)42(8)68(91)46-22-24-53-54(29-46)57(85)28-38(4)64(53)87)39(5)66(89)40(6)67(90)41(7)69-43(9)70-71(106-70)55(83)19-15-18-48(79)30-50(81)31-51(82)32-52-34-60(108-109(97,98)99)72(92)77(96,107-52)73(93)65(88)37(3)20-23-47(78)16-14-17-49(80)33-56(84)36(2)21-26-61(86)104-69/h21-22,24,26,28-29,36-37,39-45,47-52,55-56,58-60,62-63,65-72,74,78-84,88-92,95-96H,13-20,23,25,27,30-35H2,1-12H3,(H,97,98,99)/t36-,37+,39-,40+,41-,42+,43+,44+,45-,47+,48+,49+,50+,51-,52+,55-,56+,58-,59-,60-,62-,63-,65-,66-,67-,68-,69+,70-,71-,72+,74+,76+,77+/m0/s1. The number of Topliss-reactive ketones (excluding diaryl/α,β-unsaturated/α-hetero) is 2. The molecule has 5 heterocycles. The Hall–Kier alpha value is -4.28. The molecular weight excluding hydrogens is 1450 g/mol. The summed E-state index contributed by atoms with van der Waals surface area (Å²) in [5.41, 5.74) is -0.625. The van der Waals surface area contributed by atoms with E-state index < -0.39 is 247 Å². The first-order valence-electron chi connectivity index (χ1n) is 38.6. The maximum atomic E-state index is 13.9. The summed E-state index contributed by atoms with van der Waals surface area (Å²) < 4.78 is 86.8. The van der Waals surface area contributed by atoms with E-state index in [1.165, 1.54) is 44.2 Å². The van der Waals surface area contributed by atoms with Crippen LogP contribution >= 0.6 is 0 Å². The number of benzene rings is 1. The van der Waals surface area contributed by atoms with Gasteiger partial charge in [-0.2, -0.15) is 8.42 Å². The van der Waals surface area contributed by atoms with E-state index in [1.807, 2.05) is 6.92 Å². The third kappa shape index (κ3) is 24.6. The predicted molar refractivity (Wildman–Crippen MR) is 386 cm³/mol. The molecule has 0 radical (unpaired) electrons. The molecule has 4 saturated heterocycles. The second-order valence-electron chi connectivity index (χ2n) is 32.2. The van der Waals surface area contributed by atoms with Crippen molar-refractivity contribution >= 4 is 39.7 Å². The fraction of sp³-hybridized carbons (Fsp3) is 0.805. The Morgan fingerprint density at radius 3 is 1.94 bits per heavy atom. The number of aliphatic hydroxyl groups is 14. The molecule has 622 valence electrons. The monoisotopic (exact) mass is 1570 g/mol. The van der Waals surface area contributed by atoms with E-state index in [4.69, 9.17) is 37.9 Å². The molecule has 109 heavy (non-hydrogen) atoms. The molecule has 5 aliphatic heterocycles. The highest BCUT2D eigenvalue weighted by molar-refractivity contribution is 7.80. The highest BCUT2D eigenvalue weighted by Gasteiger charge is 2.58. The van der Waals surface area contributed by atoms with Crippen LogP contribution in [0, 0.1) is 41.4 Å². The van der Waals surface area contributed by atoms with Gasteiger partial charge in [0.15, 0.2) is 24.1 Å². The molecule has 1 aliphatic carbocycles. The van der Waals surface area contributed by atoms with Gasteiger partial charge in [0.1, 0.15) is 42.7 Å². The van der Waals surface area contributed by atoms with E-state index >= 15 is 0 Å². The van der Waals surface area contributed by atoms with E-state index in [2.05, 4.69) is 4.18 Å². The van der Waals surface area contributed by atoms with Gasteiger partial charge < -0.3 is 109 Å². The number of ether oxygens (including phenoxy) is 8. The number of carbonyl (C=O) groups is 5. The molecule has 1 aromatic carbocycles. The average molecular weight is 1580 g/mol. The highest BCUT2D eigenvalue weighted by atomic mass is 32.3. The molecular formula is C77H122O31S. The summed E-state index contributed by atoms with van der Waals surface area (Å²) in [6.07, 6.45) is -25.4. The largest absolute Gasteiger partial charge is 0.459 e. The molecule has 4 fully saturated rings. The Balaban J connectivity index is 0.959. The van der Waals surface area contributed by atoms with Crippen LogP contribution in [0.4, 0.5) is 0 Å². The topological polar surface area (TPSA) is 509 Å². The number of aliphatic hydroxyl groups excluding tert-OH is 12. The third-order valence-electron chi connectivity index (χ3n) is 23.1. The molecule has 0 amide bonds. The van der Waals surface area contributed by atoms with Crippen LogP contribution in [0.3, 0.4) is 0 Å². The van der Waals surface area contributed by atoms with Gasteiger partial charge in [-0.25, -0.2) is 8.98 Å². The second kappa shape index (κ2) is 39.8. The van der Waals surface area contributed by atoms with E-state index in [0.29, 0.717) is 18.4 Å². The summed E-state index contributed by atoms with van der Waals surface area (Å²) in [5.74, 6) is -13.1. The third-order valence-corrected chi connectivity index (χ3v) is 23.6. The van der Waals surface area contributed by atoms with Crippen molar-refractivity contribution in [3.63, 3.8) is 0 Å². The summed E-state index contributed by atoms with van der Waals surface area (Å²) in [7, 11) is -5.33. The van der Waals surface area contributed by atoms with Crippen molar-refractivity contribution in [2.24, 2.45) is 41.4 Å². The van der Waals surface area contributed by atoms with E-state index in [1.54, 1.807) is 62.3 Å². The van der Waals surface area contributed by atoms with Gasteiger partial charge in [0.2, 0.25) is 5.78 Å². The van der Waals surface area contributed by atoms with Gasteiger partial charge in [-0.3, -0.25) is 23.7 Å². The molecule has 33 atom stereocenters. The normalized spacial score (nSPS) is 39.6. The lowest BCUT2D eigenvalue weighted by atomic mass is 9.77. The summed E-state index contributed by atoms with van der Waals surface area (Å²) in [5, 5.41) is 159. The Morgan fingerprint density at radius 2 is 1.30 bits per heavy atom. The number of rotatable bonds is 17. The molecule has 1 aromatic rings. The number of epoxide rings is 1. The Labute approximate surface area is 638 Å². The van der Waals surface area contributed by atoms with Gasteiger partial charge in [-0.1, -0.05) is 60.6 Å². The second-order valence-corrected chi connectivity index (χ2v) is 33.3. The van der Waals surface area contributed by atoms with E-state index in [0.717, 1.165) is 6.08 Å². The van der Waals surface area contributed by atoms with Gasteiger partial charge in [0.05, 0.1) is 103 Å². The van der Waals surface area contributed by atoms with Gasteiger partial charge in [-0.05, 0) is 154 Å². The SMILES string of the molecule is CC[C@H](O[C@H]1C[C@@](C)(O)[C@H](O[C@H]2CC[C@H](OC(=O)[C@H](C)[C@H](O)c3ccc4c(c3)C(=O)C=C(C)C4=O)[C@@H](C)O2)[C@H](C)O1)[C@H](C)[C@H](O)[C@@H](C)[C@H](O)[C@H](C)[C@H]1OC(=O)C=C[C@H](C)[C@H](O)C[C@H](O)CCC[C@@H](O)CC[C@@H](C)[C@H](O)C(=O)[C@]2(O)O[C@H](C[C@@H](O)C[C@H](O)C[C@H](O)CCC[C@H](O)[C@@H]3O[C@H]3[C@@H]1C)C[C@H](OS(=O)(=O)O)[C@H]2O. The first kappa shape index (κ1) is 91.9. The molecule has 2 bridgehead atoms. The molecule has 0 saturated carbocycles. The fourth-order valence-electron chi connectivity index (χ4n) is 16.0. The van der Waals surface area contributed by atoms with Gasteiger partial charge in [0.25, 0.3) is 5.79 Å². The number of cyclic esters (lactones) is 1. The van der Waals surface area contributed by atoms with E-state index in [-0.39, 0.29) is 105 Å². The van der Waals surface area contributed by atoms with Crippen molar-refractivity contribution in [3.05, 3.63) is 58.7 Å². The van der Waals surface area contributed by atoms with Crippen molar-refractivity contribution in [3.8, 4) is 0 Å². The smallest absolute Gasteiger partial charge is 0.397 e. The lowest BCUT2D eigenvalue weighted by Gasteiger charge is -2.47. The quantitative estimate of drug-likeness (QED) is 0.0605. The number of carbonyl (C=O) groups excluding carboxylic acids is 5. The number of hydrogen-bond acceptors (Lipinski definition) is 30. The van der Waals surface area contributed by atoms with Gasteiger partial charge >= 0.3 is 22.3 Å². The maximum absolute atomic E-state index is 13.9. The summed E-state index contributed by atoms with van der Waals surface area (Å²) >= 11 is 0. The number of allylic oxidation sites excluding steroid dienone is 2. The zero-order valence-electron chi connectivity index (χ0n) is 64.5. The van der Waals surface area contributed by atoms with Crippen LogP contribution < -0.4 is 0 Å². The minimum absolute atomic E-state index is 0.00269. The molecule has 15 N–H and O–H groups in total. The van der Waals surface area contributed by atoms with Crippen LogP contribution in [-0.4, -0.2) is 266 Å². The van der Waals surface area contributed by atoms with Crippen LogP contribution in [0.15, 0.2) is 42.0 Å².